The molecular weight excluding hydrogens is 260 g/mol. The molecule has 1 aromatic carbocycles. The van der Waals surface area contributed by atoms with Crippen molar-refractivity contribution in [2.45, 2.75) is 19.9 Å². The molecule has 3 aromatic rings. The van der Waals surface area contributed by atoms with Crippen LogP contribution in [0.2, 0.25) is 0 Å². The highest BCUT2D eigenvalue weighted by molar-refractivity contribution is 5.82. The summed E-state index contributed by atoms with van der Waals surface area (Å²) in [6.07, 6.45) is 3.65. The fourth-order valence-corrected chi connectivity index (χ4v) is 2.61. The van der Waals surface area contributed by atoms with Gasteiger partial charge in [0, 0.05) is 17.8 Å². The van der Waals surface area contributed by atoms with Crippen LogP contribution in [0.5, 0.6) is 0 Å². The normalized spacial score (nSPS) is 12.5. The maximum absolute atomic E-state index is 5.76. The summed E-state index contributed by atoms with van der Waals surface area (Å²) in [7, 11) is 0. The van der Waals surface area contributed by atoms with Gasteiger partial charge >= 0.3 is 0 Å². The number of rotatable bonds is 3. The molecule has 0 bridgehead atoms. The monoisotopic (exact) mass is 278 g/mol. The molecule has 0 amide bonds. The smallest absolute Gasteiger partial charge is 0.0896 e. The van der Waals surface area contributed by atoms with Gasteiger partial charge in [-0.3, -0.25) is 15.8 Å². The Morgan fingerprint density at radius 3 is 2.67 bits per heavy atom. The third kappa shape index (κ3) is 2.63. The quantitative estimate of drug-likeness (QED) is 0.571. The van der Waals surface area contributed by atoms with Crippen molar-refractivity contribution in [1.29, 1.82) is 0 Å². The zero-order valence-corrected chi connectivity index (χ0v) is 12.2. The van der Waals surface area contributed by atoms with E-state index in [0.29, 0.717) is 0 Å². The third-order valence-electron chi connectivity index (χ3n) is 3.63. The maximum atomic E-state index is 5.76. The van der Waals surface area contributed by atoms with Gasteiger partial charge in [-0.1, -0.05) is 24.3 Å². The number of nitrogens with zero attached hydrogens (tertiary/aromatic N) is 2. The SMILES string of the molecule is Cc1cncc(C(NN)c2cc(C)c3ccccc3n2)c1. The van der Waals surface area contributed by atoms with Gasteiger partial charge < -0.3 is 0 Å². The highest BCUT2D eigenvalue weighted by Crippen LogP contribution is 2.24. The van der Waals surface area contributed by atoms with Crippen LogP contribution in [0.3, 0.4) is 0 Å². The number of aryl methyl sites for hydroxylation is 2. The molecule has 0 saturated heterocycles. The van der Waals surface area contributed by atoms with Gasteiger partial charge in [0.2, 0.25) is 0 Å². The molecule has 2 aromatic heterocycles. The molecule has 4 nitrogen and oxygen atoms in total. The van der Waals surface area contributed by atoms with Crippen molar-refractivity contribution >= 4 is 10.9 Å². The minimum Gasteiger partial charge on any atom is -0.271 e. The molecule has 21 heavy (non-hydrogen) atoms. The van der Waals surface area contributed by atoms with Crippen LogP contribution < -0.4 is 11.3 Å². The summed E-state index contributed by atoms with van der Waals surface area (Å²) in [4.78, 5) is 8.98. The summed E-state index contributed by atoms with van der Waals surface area (Å²) in [5, 5.41) is 1.17. The van der Waals surface area contributed by atoms with E-state index < -0.39 is 0 Å². The van der Waals surface area contributed by atoms with Gasteiger partial charge in [-0.25, -0.2) is 5.43 Å². The highest BCUT2D eigenvalue weighted by Gasteiger charge is 2.16. The van der Waals surface area contributed by atoms with E-state index in [2.05, 4.69) is 35.5 Å². The van der Waals surface area contributed by atoms with E-state index >= 15 is 0 Å². The first kappa shape index (κ1) is 13.7. The van der Waals surface area contributed by atoms with Crippen LogP contribution >= 0.6 is 0 Å². The van der Waals surface area contributed by atoms with Crippen LogP contribution in [0.4, 0.5) is 0 Å². The number of hydrogen-bond acceptors (Lipinski definition) is 4. The van der Waals surface area contributed by atoms with E-state index in [1.54, 1.807) is 0 Å². The first-order valence-electron chi connectivity index (χ1n) is 6.93. The lowest BCUT2D eigenvalue weighted by Crippen LogP contribution is -2.29. The number of aromatic nitrogens is 2. The van der Waals surface area contributed by atoms with Gasteiger partial charge in [-0.2, -0.15) is 0 Å². The number of fused-ring (bicyclic) bond motifs is 1. The Labute approximate surface area is 124 Å². The molecule has 2 heterocycles. The second kappa shape index (κ2) is 5.60. The van der Waals surface area contributed by atoms with Crippen LogP contribution in [-0.4, -0.2) is 9.97 Å². The number of nitrogens with one attached hydrogen (secondary N) is 1. The molecular formula is C17H18N4. The molecule has 3 N–H and O–H groups in total. The number of nitrogens with two attached hydrogens (primary N) is 1. The Balaban J connectivity index is 2.13. The zero-order chi connectivity index (χ0) is 14.8. The highest BCUT2D eigenvalue weighted by atomic mass is 15.2. The number of hydrogen-bond donors (Lipinski definition) is 2. The second-order valence-electron chi connectivity index (χ2n) is 5.28. The Bertz CT molecular complexity index is 783. The molecule has 1 atom stereocenters. The average molecular weight is 278 g/mol. The van der Waals surface area contributed by atoms with Crippen molar-refractivity contribution in [3.05, 3.63) is 71.2 Å². The van der Waals surface area contributed by atoms with Crippen LogP contribution in [0, 0.1) is 13.8 Å². The summed E-state index contributed by atoms with van der Waals surface area (Å²) in [6.45, 7) is 4.11. The van der Waals surface area contributed by atoms with E-state index in [1.165, 1.54) is 10.9 Å². The zero-order valence-electron chi connectivity index (χ0n) is 12.2. The molecule has 0 aliphatic carbocycles. The van der Waals surface area contributed by atoms with Crippen molar-refractivity contribution in [1.82, 2.24) is 15.4 Å². The summed E-state index contributed by atoms with van der Waals surface area (Å²) in [5.74, 6) is 5.76. The Hall–Kier alpha value is -2.30. The van der Waals surface area contributed by atoms with E-state index in [1.807, 2.05) is 37.5 Å². The fraction of sp³-hybridized carbons (Fsp3) is 0.176. The number of benzene rings is 1. The molecule has 0 spiro atoms. The van der Waals surface area contributed by atoms with Crippen LogP contribution in [0.25, 0.3) is 10.9 Å². The summed E-state index contributed by atoms with van der Waals surface area (Å²) >= 11 is 0. The van der Waals surface area contributed by atoms with Crippen LogP contribution in [0.1, 0.15) is 28.4 Å². The molecule has 0 radical (unpaired) electrons. The topological polar surface area (TPSA) is 63.8 Å². The standard InChI is InChI=1S/C17H18N4/c1-11-7-13(10-19-9-11)17(21-18)16-8-12(2)14-5-3-4-6-15(14)20-16/h3-10,17,21H,18H2,1-2H3. The molecule has 1 unspecified atom stereocenters. The third-order valence-corrected chi connectivity index (χ3v) is 3.63. The lowest BCUT2D eigenvalue weighted by molar-refractivity contribution is 0.620. The van der Waals surface area contributed by atoms with Gasteiger partial charge in [0.25, 0.3) is 0 Å². The molecule has 0 saturated carbocycles. The van der Waals surface area contributed by atoms with E-state index in [9.17, 15) is 0 Å². The average Bonchev–Trinajstić information content (AvgIpc) is 2.48. The lowest BCUT2D eigenvalue weighted by Gasteiger charge is -2.17. The predicted octanol–water partition coefficient (Wildman–Crippen LogP) is 2.80. The summed E-state index contributed by atoms with van der Waals surface area (Å²) in [6, 6.07) is 12.1. The van der Waals surface area contributed by atoms with Gasteiger partial charge in [0.05, 0.1) is 17.3 Å². The Morgan fingerprint density at radius 1 is 1.10 bits per heavy atom. The predicted molar refractivity (Wildman–Crippen MR) is 84.6 cm³/mol. The number of pyridine rings is 2. The molecule has 0 aliphatic rings. The van der Waals surface area contributed by atoms with Crippen LogP contribution in [-0.2, 0) is 0 Å². The van der Waals surface area contributed by atoms with Crippen LogP contribution in [0.15, 0.2) is 48.8 Å². The maximum Gasteiger partial charge on any atom is 0.0896 e. The van der Waals surface area contributed by atoms with Crippen molar-refractivity contribution in [3.63, 3.8) is 0 Å². The van der Waals surface area contributed by atoms with Crippen molar-refractivity contribution in [2.75, 3.05) is 0 Å². The van der Waals surface area contributed by atoms with Crippen molar-refractivity contribution in [3.8, 4) is 0 Å². The number of hydrazine groups is 1. The van der Waals surface area contributed by atoms with Gasteiger partial charge in [0.15, 0.2) is 0 Å². The molecule has 0 fully saturated rings. The largest absolute Gasteiger partial charge is 0.271 e. The van der Waals surface area contributed by atoms with Crippen molar-refractivity contribution < 1.29 is 0 Å². The first-order chi connectivity index (χ1) is 10.2. The molecule has 4 heteroatoms. The van der Waals surface area contributed by atoms with E-state index in [-0.39, 0.29) is 6.04 Å². The van der Waals surface area contributed by atoms with Gasteiger partial charge in [-0.05, 0) is 42.7 Å². The minimum absolute atomic E-state index is 0.166. The fourth-order valence-electron chi connectivity index (χ4n) is 2.61. The van der Waals surface area contributed by atoms with Crippen molar-refractivity contribution in [2.24, 2.45) is 5.84 Å². The van der Waals surface area contributed by atoms with E-state index in [4.69, 9.17) is 10.8 Å². The van der Waals surface area contributed by atoms with Gasteiger partial charge in [-0.15, -0.1) is 0 Å². The number of para-hydroxylation sites is 1. The minimum atomic E-state index is -0.166. The second-order valence-corrected chi connectivity index (χ2v) is 5.28. The Morgan fingerprint density at radius 2 is 1.90 bits per heavy atom. The lowest BCUT2D eigenvalue weighted by atomic mass is 10.0. The molecule has 106 valence electrons. The Kier molecular flexibility index (Phi) is 3.64. The first-order valence-corrected chi connectivity index (χ1v) is 6.93. The molecule has 0 aliphatic heterocycles. The van der Waals surface area contributed by atoms with Gasteiger partial charge in [0.1, 0.15) is 0 Å². The van der Waals surface area contributed by atoms with E-state index in [0.717, 1.165) is 22.3 Å². The molecule has 3 rings (SSSR count). The summed E-state index contributed by atoms with van der Waals surface area (Å²) < 4.78 is 0. The summed E-state index contributed by atoms with van der Waals surface area (Å²) in [5.41, 5.74) is 8.04.